The molecule has 0 saturated heterocycles. The third-order valence-electron chi connectivity index (χ3n) is 16.4. The van der Waals surface area contributed by atoms with E-state index in [-0.39, 0.29) is 38.6 Å². The van der Waals surface area contributed by atoms with Crippen LogP contribution in [0.4, 0.5) is 0 Å². The second-order valence-corrected chi connectivity index (χ2v) is 27.2. The van der Waals surface area contributed by atoms with Gasteiger partial charge in [0.1, 0.15) is 13.2 Å². The Bertz CT molecular complexity index is 2560. The van der Waals surface area contributed by atoms with Crippen LogP contribution in [-0.2, 0) is 33.3 Å². The van der Waals surface area contributed by atoms with Gasteiger partial charge in [-0.15, -0.1) is 0 Å². The van der Waals surface area contributed by atoms with Gasteiger partial charge in [-0.25, -0.2) is 0 Å². The first-order chi connectivity index (χ1) is 50.6. The fourth-order valence-electron chi connectivity index (χ4n) is 10.3. The van der Waals surface area contributed by atoms with Gasteiger partial charge in [-0.1, -0.05) is 341 Å². The molecular weight excluding hydrogens is 1270 g/mol. The Morgan fingerprint density at radius 1 is 0.291 bits per heavy atom. The van der Waals surface area contributed by atoms with Gasteiger partial charge < -0.3 is 33.3 Å². The molecule has 0 bridgehead atoms. The molecule has 0 aliphatic rings. The van der Waals surface area contributed by atoms with Crippen LogP contribution < -0.4 is 5.11 Å². The van der Waals surface area contributed by atoms with E-state index in [9.17, 15) is 19.5 Å². The minimum atomic E-state index is -1.64. The van der Waals surface area contributed by atoms with Crippen molar-refractivity contribution in [2.24, 2.45) is 0 Å². The van der Waals surface area contributed by atoms with Crippen LogP contribution in [0, 0.1) is 0 Å². The normalized spacial score (nSPS) is 13.9. The number of quaternary nitrogens is 1. The number of carbonyl (C=O) groups excluding carboxylic acids is 3. The van der Waals surface area contributed by atoms with Gasteiger partial charge in [0.05, 0.1) is 40.3 Å². The van der Waals surface area contributed by atoms with Gasteiger partial charge in [-0.2, -0.15) is 0 Å². The SMILES string of the molecule is CC/C=C\C/C=C\C/C=C\C/C=C\C/C=C\C/C=C\C/C=C\C/C=C\C/C=C\C/C=C\C/C=C\CCCCCCCCCC(=O)OC(COC(=O)CCCCCCCCCCCCCC/C=C\C/C=C\C/C=C\C/C=C\C/C=C\C/C=C\C/C=C\C/C=C\CC)COC(OCC[N+](C)(C)C)C(=O)[O-]. The summed E-state index contributed by atoms with van der Waals surface area (Å²) in [6.45, 7) is 4.49. The molecule has 0 spiro atoms. The summed E-state index contributed by atoms with van der Waals surface area (Å²) in [6.07, 6.45) is 126. The van der Waals surface area contributed by atoms with Crippen molar-refractivity contribution in [3.8, 4) is 0 Å². The molecule has 0 aromatic carbocycles. The molecule has 0 saturated carbocycles. The van der Waals surface area contributed by atoms with E-state index in [1.807, 2.05) is 21.1 Å². The zero-order chi connectivity index (χ0) is 74.6. The number of carboxylic acids is 1. The summed E-state index contributed by atoms with van der Waals surface area (Å²) in [5.74, 6) is -2.32. The second-order valence-electron chi connectivity index (χ2n) is 27.2. The van der Waals surface area contributed by atoms with Crippen LogP contribution in [0.25, 0.3) is 0 Å². The topological polar surface area (TPSA) is 111 Å². The number of rotatable bonds is 72. The van der Waals surface area contributed by atoms with Crippen LogP contribution in [0.1, 0.15) is 284 Å². The number of allylic oxidation sites excluding steroid dienone is 38. The van der Waals surface area contributed by atoms with E-state index in [1.54, 1.807) is 0 Å². The summed E-state index contributed by atoms with van der Waals surface area (Å²) in [4.78, 5) is 37.6. The predicted octanol–water partition coefficient (Wildman–Crippen LogP) is 25.2. The summed E-state index contributed by atoms with van der Waals surface area (Å²) < 4.78 is 22.8. The highest BCUT2D eigenvalue weighted by atomic mass is 16.7. The van der Waals surface area contributed by atoms with Crippen molar-refractivity contribution in [3.63, 3.8) is 0 Å². The van der Waals surface area contributed by atoms with E-state index < -0.39 is 24.3 Å². The molecule has 9 heteroatoms. The van der Waals surface area contributed by atoms with Crippen molar-refractivity contribution in [2.75, 3.05) is 47.5 Å². The highest BCUT2D eigenvalue weighted by Gasteiger charge is 2.22. The molecular formula is C94H147NO8. The lowest BCUT2D eigenvalue weighted by Crippen LogP contribution is -2.44. The molecule has 0 aromatic rings. The van der Waals surface area contributed by atoms with Crippen molar-refractivity contribution < 1.29 is 42.9 Å². The maximum absolute atomic E-state index is 13.0. The molecule has 2 unspecified atom stereocenters. The number of esters is 2. The number of ether oxygens (including phenoxy) is 4. The highest BCUT2D eigenvalue weighted by Crippen LogP contribution is 2.16. The monoisotopic (exact) mass is 1420 g/mol. The third kappa shape index (κ3) is 82.5. The van der Waals surface area contributed by atoms with E-state index in [1.165, 1.54) is 64.2 Å². The van der Waals surface area contributed by atoms with E-state index in [2.05, 4.69) is 245 Å². The van der Waals surface area contributed by atoms with Gasteiger partial charge in [-0.3, -0.25) is 9.59 Å². The number of nitrogens with zero attached hydrogens (tertiary/aromatic N) is 1. The molecule has 0 aliphatic carbocycles. The molecule has 0 radical (unpaired) electrons. The second kappa shape index (κ2) is 81.0. The van der Waals surface area contributed by atoms with Crippen molar-refractivity contribution in [1.29, 1.82) is 0 Å². The van der Waals surface area contributed by atoms with E-state index in [0.29, 0.717) is 17.4 Å². The number of likely N-dealkylation sites (N-methyl/N-ethyl adjacent to an activating group) is 1. The van der Waals surface area contributed by atoms with Crippen LogP contribution in [-0.4, -0.2) is 82.3 Å². The Balaban J connectivity index is 4.17. The summed E-state index contributed by atoms with van der Waals surface area (Å²) in [5, 5.41) is 11.9. The zero-order valence-electron chi connectivity index (χ0n) is 65.8. The number of hydrogen-bond donors (Lipinski definition) is 0. The van der Waals surface area contributed by atoms with Gasteiger partial charge in [-0.05, 0) is 161 Å². The average Bonchev–Trinajstić information content (AvgIpc) is 1.01. The highest BCUT2D eigenvalue weighted by molar-refractivity contribution is 5.70. The van der Waals surface area contributed by atoms with Gasteiger partial charge in [0.15, 0.2) is 12.4 Å². The lowest BCUT2D eigenvalue weighted by molar-refractivity contribution is -0.870. The van der Waals surface area contributed by atoms with Crippen LogP contribution in [0.15, 0.2) is 231 Å². The first kappa shape index (κ1) is 96.4. The molecule has 0 N–H and O–H groups in total. The van der Waals surface area contributed by atoms with Gasteiger partial charge >= 0.3 is 11.9 Å². The van der Waals surface area contributed by atoms with E-state index in [0.717, 1.165) is 186 Å². The quantitative estimate of drug-likeness (QED) is 0.0195. The Morgan fingerprint density at radius 3 is 0.777 bits per heavy atom. The van der Waals surface area contributed by atoms with Crippen LogP contribution in [0.2, 0.25) is 0 Å². The average molecular weight is 1420 g/mol. The Labute approximate surface area is 631 Å². The number of aliphatic carboxylic acids is 1. The lowest BCUT2D eigenvalue weighted by Gasteiger charge is -2.26. The molecule has 2 atom stereocenters. The Hall–Kier alpha value is -6.65. The molecule has 0 amide bonds. The first-order valence-electron chi connectivity index (χ1n) is 40.5. The minimum absolute atomic E-state index is 0.134. The third-order valence-corrected chi connectivity index (χ3v) is 16.4. The molecule has 0 fully saturated rings. The molecule has 0 rings (SSSR count). The molecule has 0 aromatic heterocycles. The minimum Gasteiger partial charge on any atom is -0.545 e. The van der Waals surface area contributed by atoms with Crippen molar-refractivity contribution >= 4 is 17.9 Å². The van der Waals surface area contributed by atoms with Gasteiger partial charge in [0.25, 0.3) is 0 Å². The van der Waals surface area contributed by atoms with Crippen molar-refractivity contribution in [3.05, 3.63) is 231 Å². The number of carbonyl (C=O) groups is 3. The predicted molar refractivity (Wildman–Crippen MR) is 443 cm³/mol. The summed E-state index contributed by atoms with van der Waals surface area (Å²) in [6, 6.07) is 0. The van der Waals surface area contributed by atoms with Crippen LogP contribution in [0.5, 0.6) is 0 Å². The molecule has 103 heavy (non-hydrogen) atoms. The largest absolute Gasteiger partial charge is 0.545 e. The van der Waals surface area contributed by atoms with Crippen molar-refractivity contribution in [1.82, 2.24) is 0 Å². The van der Waals surface area contributed by atoms with E-state index >= 15 is 0 Å². The first-order valence-corrected chi connectivity index (χ1v) is 40.5. The van der Waals surface area contributed by atoms with Gasteiger partial charge in [0, 0.05) is 12.8 Å². The lowest BCUT2D eigenvalue weighted by atomic mass is 10.0. The number of carboxylic acid groups (broad SMARTS) is 1. The van der Waals surface area contributed by atoms with Crippen LogP contribution >= 0.6 is 0 Å². The Morgan fingerprint density at radius 2 is 0.524 bits per heavy atom. The molecule has 576 valence electrons. The smallest absolute Gasteiger partial charge is 0.306 e. The number of hydrogen-bond acceptors (Lipinski definition) is 8. The maximum atomic E-state index is 13.0. The van der Waals surface area contributed by atoms with E-state index in [4.69, 9.17) is 18.9 Å². The van der Waals surface area contributed by atoms with Crippen molar-refractivity contribution in [2.45, 2.75) is 296 Å². The summed E-state index contributed by atoms with van der Waals surface area (Å²) in [7, 11) is 5.92. The molecule has 0 aliphatic heterocycles. The fraction of sp³-hybridized carbons (Fsp3) is 0.564. The Kier molecular flexibility index (Phi) is 75.8. The zero-order valence-corrected chi connectivity index (χ0v) is 65.8. The summed E-state index contributed by atoms with van der Waals surface area (Å²) in [5.41, 5.74) is 0. The molecule has 0 heterocycles. The van der Waals surface area contributed by atoms with Gasteiger partial charge in [0.2, 0.25) is 0 Å². The number of unbranched alkanes of at least 4 members (excludes halogenated alkanes) is 19. The standard InChI is InChI=1S/C94H147NO8/c1-6-8-10-12-14-16-18-20-22-24-26-28-30-32-34-36-38-40-42-44-45-46-47-49-51-53-55-57-59-61-63-65-67-69-71-73-75-77-79-81-83-85-92(97)103-90(89-102-94(93(98)99)100-87-86-95(3,4)5)88-101-91(96)84-82-80-78-76-74-72-70-68-66-64-62-60-58-56-54-52-50-48-43-41-39-37-35-33-31-29-27-25-23-21-19-17-15-13-11-9-7-2/h8-11,14-17,20-23,26-29,32-35,38-41,44-45,47-50,53-56,59,61,65,67,90,94H,6-7,12-13,18-19,24-25,30-31,36-37,42-43,46,51-52,57-58,60,62-64,66,68-89H2,1-5H3/b10-8-,11-9-,16-14-,17-15-,22-20-,23-21-,28-26-,29-27-,34-32-,35-33-,40-38-,41-39-,45-44-,49-47-,50-48-,55-53-,56-54-,61-59-,67-65-. The van der Waals surface area contributed by atoms with Crippen LogP contribution in [0.3, 0.4) is 0 Å². The fourth-order valence-corrected chi connectivity index (χ4v) is 10.3. The maximum Gasteiger partial charge on any atom is 0.306 e. The molecule has 9 nitrogen and oxygen atoms in total. The summed E-state index contributed by atoms with van der Waals surface area (Å²) >= 11 is 0.